The predicted molar refractivity (Wildman–Crippen MR) is 106 cm³/mol. The number of ether oxygens (including phenoxy) is 2. The highest BCUT2D eigenvalue weighted by Gasteiger charge is 2.12. The lowest BCUT2D eigenvalue weighted by Gasteiger charge is -2.09. The summed E-state index contributed by atoms with van der Waals surface area (Å²) in [5.74, 6) is -0.350. The molecule has 0 aliphatic carbocycles. The molecule has 0 aliphatic rings. The van der Waals surface area contributed by atoms with E-state index in [0.717, 1.165) is 5.56 Å². The van der Waals surface area contributed by atoms with Gasteiger partial charge in [0.25, 0.3) is 11.5 Å². The molecule has 9 nitrogen and oxygen atoms in total. The molecule has 29 heavy (non-hydrogen) atoms. The van der Waals surface area contributed by atoms with Crippen molar-refractivity contribution in [3.8, 4) is 0 Å². The highest BCUT2D eigenvalue weighted by molar-refractivity contribution is 5.94. The normalized spacial score (nSPS) is 10.5. The van der Waals surface area contributed by atoms with E-state index in [2.05, 4.69) is 15.6 Å². The standard InChI is InChI=1S/C20H20N4O5/c1-28-10-9-21-18(25)15-7-8-17-22-11-16(19(26)24(17)12-15)23-20(27)29-13-14-5-3-2-4-6-14/h2-8,11-12H,9-10,13H2,1H3,(H,21,25)(H,23,27). The van der Waals surface area contributed by atoms with E-state index in [1.807, 2.05) is 30.3 Å². The molecule has 3 rings (SSSR count). The van der Waals surface area contributed by atoms with Crippen molar-refractivity contribution in [3.63, 3.8) is 0 Å². The molecule has 9 heteroatoms. The minimum atomic E-state index is -0.777. The Morgan fingerprint density at radius 2 is 1.93 bits per heavy atom. The number of aromatic nitrogens is 2. The number of hydrogen-bond acceptors (Lipinski definition) is 6. The van der Waals surface area contributed by atoms with Crippen LogP contribution < -0.4 is 16.2 Å². The second kappa shape index (κ2) is 9.47. The zero-order valence-corrected chi connectivity index (χ0v) is 15.8. The molecule has 2 heterocycles. The van der Waals surface area contributed by atoms with Crippen LogP contribution in [0.1, 0.15) is 15.9 Å². The van der Waals surface area contributed by atoms with Crippen molar-refractivity contribution in [2.45, 2.75) is 6.61 Å². The summed E-state index contributed by atoms with van der Waals surface area (Å²) < 4.78 is 11.2. The first-order valence-corrected chi connectivity index (χ1v) is 8.85. The Kier molecular flexibility index (Phi) is 6.54. The van der Waals surface area contributed by atoms with Gasteiger partial charge in [-0.25, -0.2) is 9.78 Å². The fourth-order valence-corrected chi connectivity index (χ4v) is 2.53. The van der Waals surface area contributed by atoms with Crippen LogP contribution in [0.15, 0.2) is 59.7 Å². The maximum Gasteiger partial charge on any atom is 0.412 e. The van der Waals surface area contributed by atoms with Gasteiger partial charge in [0.15, 0.2) is 0 Å². The first-order chi connectivity index (χ1) is 14.1. The Morgan fingerprint density at radius 1 is 1.14 bits per heavy atom. The van der Waals surface area contributed by atoms with Crippen LogP contribution in [0.5, 0.6) is 0 Å². The number of benzene rings is 1. The highest BCUT2D eigenvalue weighted by atomic mass is 16.5. The number of nitrogens with zero attached hydrogens (tertiary/aromatic N) is 2. The number of carbonyl (C=O) groups is 2. The van der Waals surface area contributed by atoms with Crippen molar-refractivity contribution >= 4 is 23.3 Å². The van der Waals surface area contributed by atoms with Gasteiger partial charge in [0.05, 0.1) is 18.4 Å². The van der Waals surface area contributed by atoms with Crippen LogP contribution in [-0.4, -0.2) is 41.6 Å². The van der Waals surface area contributed by atoms with E-state index in [4.69, 9.17) is 9.47 Å². The van der Waals surface area contributed by atoms with Crippen LogP contribution >= 0.6 is 0 Å². The zero-order chi connectivity index (χ0) is 20.6. The monoisotopic (exact) mass is 396 g/mol. The quantitative estimate of drug-likeness (QED) is 0.590. The fourth-order valence-electron chi connectivity index (χ4n) is 2.53. The number of anilines is 1. The maximum atomic E-state index is 12.7. The SMILES string of the molecule is COCCNC(=O)c1ccc2ncc(NC(=O)OCc3ccccc3)c(=O)n2c1. The molecule has 0 unspecified atom stereocenters. The summed E-state index contributed by atoms with van der Waals surface area (Å²) in [6.45, 7) is 0.788. The molecule has 0 aliphatic heterocycles. The van der Waals surface area contributed by atoms with E-state index in [0.29, 0.717) is 18.8 Å². The number of hydrogen-bond donors (Lipinski definition) is 2. The molecule has 0 bridgehead atoms. The summed E-state index contributed by atoms with van der Waals surface area (Å²) in [4.78, 5) is 41.0. The minimum absolute atomic E-state index is 0.0579. The van der Waals surface area contributed by atoms with Crippen LogP contribution in [-0.2, 0) is 16.1 Å². The van der Waals surface area contributed by atoms with Crippen LogP contribution in [0.25, 0.3) is 5.65 Å². The topological polar surface area (TPSA) is 111 Å². The second-order valence-corrected chi connectivity index (χ2v) is 6.06. The van der Waals surface area contributed by atoms with Gasteiger partial charge in [-0.2, -0.15) is 0 Å². The van der Waals surface area contributed by atoms with E-state index in [1.54, 1.807) is 12.1 Å². The van der Waals surface area contributed by atoms with E-state index in [9.17, 15) is 14.4 Å². The summed E-state index contributed by atoms with van der Waals surface area (Å²) in [6.07, 6.45) is 1.84. The molecule has 0 radical (unpaired) electrons. The molecule has 0 saturated carbocycles. The van der Waals surface area contributed by atoms with Gasteiger partial charge < -0.3 is 14.8 Å². The van der Waals surface area contributed by atoms with Crippen molar-refractivity contribution in [3.05, 3.63) is 76.3 Å². The third-order valence-electron chi connectivity index (χ3n) is 4.01. The largest absolute Gasteiger partial charge is 0.444 e. The van der Waals surface area contributed by atoms with Crippen LogP contribution in [0, 0.1) is 0 Å². The number of fused-ring (bicyclic) bond motifs is 1. The summed E-state index contributed by atoms with van der Waals surface area (Å²) in [6, 6.07) is 12.3. The van der Waals surface area contributed by atoms with Crippen molar-refractivity contribution < 1.29 is 19.1 Å². The lowest BCUT2D eigenvalue weighted by Crippen LogP contribution is -2.28. The van der Waals surface area contributed by atoms with Crippen molar-refractivity contribution in [1.82, 2.24) is 14.7 Å². The smallest absolute Gasteiger partial charge is 0.412 e. The number of amides is 2. The van der Waals surface area contributed by atoms with Gasteiger partial charge in [-0.1, -0.05) is 30.3 Å². The second-order valence-electron chi connectivity index (χ2n) is 6.06. The molecule has 150 valence electrons. The van der Waals surface area contributed by atoms with Crippen LogP contribution in [0.4, 0.5) is 10.5 Å². The molecule has 2 amide bonds. The van der Waals surface area contributed by atoms with Crippen LogP contribution in [0.2, 0.25) is 0 Å². The number of pyridine rings is 1. The first-order valence-electron chi connectivity index (χ1n) is 8.85. The van der Waals surface area contributed by atoms with E-state index >= 15 is 0 Å². The van der Waals surface area contributed by atoms with Crippen LogP contribution in [0.3, 0.4) is 0 Å². The van der Waals surface area contributed by atoms with Crippen molar-refractivity contribution in [1.29, 1.82) is 0 Å². The van der Waals surface area contributed by atoms with E-state index in [1.165, 1.54) is 23.9 Å². The summed E-state index contributed by atoms with van der Waals surface area (Å²) in [7, 11) is 1.53. The third-order valence-corrected chi connectivity index (χ3v) is 4.01. The van der Waals surface area contributed by atoms with Gasteiger partial charge in [0.1, 0.15) is 17.9 Å². The summed E-state index contributed by atoms with van der Waals surface area (Å²) in [5.41, 5.74) is 0.851. The van der Waals surface area contributed by atoms with Gasteiger partial charge in [0.2, 0.25) is 0 Å². The molecule has 0 fully saturated rings. The maximum absolute atomic E-state index is 12.7. The van der Waals surface area contributed by atoms with Gasteiger partial charge in [0, 0.05) is 19.9 Å². The molecule has 3 aromatic rings. The van der Waals surface area contributed by atoms with Gasteiger partial charge in [-0.15, -0.1) is 0 Å². The number of methoxy groups -OCH3 is 1. The molecule has 0 spiro atoms. The van der Waals surface area contributed by atoms with Gasteiger partial charge in [-0.3, -0.25) is 19.3 Å². The lowest BCUT2D eigenvalue weighted by molar-refractivity contribution is 0.0936. The van der Waals surface area contributed by atoms with Gasteiger partial charge >= 0.3 is 6.09 Å². The zero-order valence-electron chi connectivity index (χ0n) is 15.8. The Labute approximate surface area is 166 Å². The van der Waals surface area contributed by atoms with Gasteiger partial charge in [-0.05, 0) is 17.7 Å². The lowest BCUT2D eigenvalue weighted by atomic mass is 10.2. The summed E-state index contributed by atoms with van der Waals surface area (Å²) in [5, 5.41) is 5.06. The minimum Gasteiger partial charge on any atom is -0.444 e. The van der Waals surface area contributed by atoms with Crippen molar-refractivity contribution in [2.75, 3.05) is 25.6 Å². The Morgan fingerprint density at radius 3 is 2.69 bits per heavy atom. The summed E-state index contributed by atoms with van der Waals surface area (Å²) >= 11 is 0. The van der Waals surface area contributed by atoms with E-state index in [-0.39, 0.29) is 23.8 Å². The third kappa shape index (κ3) is 5.17. The molecular weight excluding hydrogens is 376 g/mol. The average Bonchev–Trinajstić information content (AvgIpc) is 2.75. The fraction of sp³-hybridized carbons (Fsp3) is 0.200. The molecule has 0 saturated heterocycles. The first kappa shape index (κ1) is 20.0. The number of carbonyl (C=O) groups excluding carboxylic acids is 2. The highest BCUT2D eigenvalue weighted by Crippen LogP contribution is 2.07. The average molecular weight is 396 g/mol. The molecule has 0 atom stereocenters. The molecular formula is C20H20N4O5. The Hall–Kier alpha value is -3.72. The van der Waals surface area contributed by atoms with Crippen molar-refractivity contribution in [2.24, 2.45) is 0 Å². The Bertz CT molecular complexity index is 1070. The Balaban J connectivity index is 1.73. The molecule has 1 aromatic carbocycles. The molecule has 2 aromatic heterocycles. The number of rotatable bonds is 7. The number of nitrogens with one attached hydrogen (secondary N) is 2. The molecule has 2 N–H and O–H groups in total. The predicted octanol–water partition coefficient (Wildman–Crippen LogP) is 1.82. The van der Waals surface area contributed by atoms with E-state index < -0.39 is 11.7 Å².